The summed E-state index contributed by atoms with van der Waals surface area (Å²) in [5, 5.41) is 4.92. The fourth-order valence-corrected chi connectivity index (χ4v) is 7.58. The lowest BCUT2D eigenvalue weighted by Gasteiger charge is -2.24. The minimum Gasteiger partial charge on any atom is -0.374 e. The molecule has 0 aliphatic carbocycles. The van der Waals surface area contributed by atoms with Gasteiger partial charge in [-0.25, -0.2) is 15.0 Å². The van der Waals surface area contributed by atoms with Crippen LogP contribution >= 0.6 is 0 Å². The van der Waals surface area contributed by atoms with E-state index < -0.39 is 0 Å². The van der Waals surface area contributed by atoms with E-state index in [1.54, 1.807) is 0 Å². The van der Waals surface area contributed by atoms with Gasteiger partial charge >= 0.3 is 0 Å². The monoisotopic (exact) mass is 656 g/mol. The molecule has 6 heteroatoms. The van der Waals surface area contributed by atoms with Crippen LogP contribution in [0.15, 0.2) is 164 Å². The molecule has 0 amide bonds. The highest BCUT2D eigenvalue weighted by Crippen LogP contribution is 2.40. The van der Waals surface area contributed by atoms with Crippen LogP contribution in [0.2, 0.25) is 0 Å². The quantitative estimate of drug-likeness (QED) is 0.185. The molecule has 0 saturated carbocycles. The molecule has 1 aliphatic heterocycles. The highest BCUT2D eigenvalue weighted by molar-refractivity contribution is 6.19. The first kappa shape index (κ1) is 29.2. The average molecular weight is 657 g/mol. The molecule has 0 radical (unpaired) electrons. The summed E-state index contributed by atoms with van der Waals surface area (Å²) in [7, 11) is 2.11. The summed E-state index contributed by atoms with van der Waals surface area (Å²) < 4.78 is 4.78. The number of hydrogen-bond acceptors (Lipinski definition) is 4. The van der Waals surface area contributed by atoms with Gasteiger partial charge in [-0.15, -0.1) is 0 Å². The van der Waals surface area contributed by atoms with Crippen molar-refractivity contribution in [3.05, 3.63) is 170 Å². The van der Waals surface area contributed by atoms with Crippen LogP contribution in [0.5, 0.6) is 0 Å². The van der Waals surface area contributed by atoms with Crippen molar-refractivity contribution in [3.8, 4) is 28.5 Å². The summed E-state index contributed by atoms with van der Waals surface area (Å²) in [6.07, 6.45) is 4.48. The van der Waals surface area contributed by atoms with E-state index in [1.807, 2.05) is 60.7 Å². The Labute approximate surface area is 294 Å². The molecule has 0 bridgehead atoms. The maximum absolute atomic E-state index is 5.08. The summed E-state index contributed by atoms with van der Waals surface area (Å²) in [5.41, 5.74) is 9.79. The fourth-order valence-electron chi connectivity index (χ4n) is 7.58. The Kier molecular flexibility index (Phi) is 6.67. The third-order valence-corrected chi connectivity index (χ3v) is 9.82. The van der Waals surface area contributed by atoms with Crippen molar-refractivity contribution in [3.63, 3.8) is 0 Å². The van der Waals surface area contributed by atoms with Crippen LogP contribution in [-0.4, -0.2) is 42.6 Å². The summed E-state index contributed by atoms with van der Waals surface area (Å²) in [6.45, 7) is 0.666. The zero-order chi connectivity index (χ0) is 33.9. The Balaban J connectivity index is 1.21. The van der Waals surface area contributed by atoms with Gasteiger partial charge in [-0.05, 0) is 42.5 Å². The predicted molar refractivity (Wildman–Crippen MR) is 209 cm³/mol. The van der Waals surface area contributed by atoms with E-state index in [2.05, 4.69) is 124 Å². The molecule has 242 valence electrons. The van der Waals surface area contributed by atoms with Crippen molar-refractivity contribution >= 4 is 54.9 Å². The molecular formula is C45H32N6. The van der Waals surface area contributed by atoms with E-state index in [4.69, 9.17) is 15.0 Å². The number of aromatic nitrogens is 5. The smallest absolute Gasteiger partial charge is 0.164 e. The Bertz CT molecular complexity index is 2770. The molecule has 0 atom stereocenters. The Morgan fingerprint density at radius 2 is 0.941 bits per heavy atom. The molecule has 0 N–H and O–H groups in total. The number of nitrogens with zero attached hydrogens (tertiary/aromatic N) is 6. The topological polar surface area (TPSA) is 51.8 Å². The number of likely N-dealkylation sites (N-methyl/N-ethyl adjacent to an activating group) is 1. The van der Waals surface area contributed by atoms with Gasteiger partial charge in [-0.3, -0.25) is 0 Å². The molecule has 6 aromatic carbocycles. The summed E-state index contributed by atoms with van der Waals surface area (Å²) >= 11 is 0. The first-order valence-electron chi connectivity index (χ1n) is 17.2. The molecule has 0 fully saturated rings. The van der Waals surface area contributed by atoms with Crippen LogP contribution in [0.4, 0.5) is 0 Å². The Morgan fingerprint density at radius 3 is 1.55 bits per heavy atom. The van der Waals surface area contributed by atoms with Crippen molar-refractivity contribution < 1.29 is 0 Å². The molecule has 51 heavy (non-hydrogen) atoms. The van der Waals surface area contributed by atoms with Gasteiger partial charge in [0.1, 0.15) is 0 Å². The average Bonchev–Trinajstić information content (AvgIpc) is 3.69. The van der Waals surface area contributed by atoms with Crippen molar-refractivity contribution in [2.45, 2.75) is 0 Å². The van der Waals surface area contributed by atoms with Crippen molar-refractivity contribution in [2.75, 3.05) is 13.6 Å². The molecule has 6 nitrogen and oxygen atoms in total. The Morgan fingerprint density at radius 1 is 0.451 bits per heavy atom. The van der Waals surface area contributed by atoms with E-state index in [0.29, 0.717) is 24.0 Å². The van der Waals surface area contributed by atoms with Gasteiger partial charge in [0.25, 0.3) is 0 Å². The molecule has 1 aliphatic rings. The number of rotatable bonds is 5. The van der Waals surface area contributed by atoms with Gasteiger partial charge in [0.15, 0.2) is 17.5 Å². The third kappa shape index (κ3) is 4.83. The summed E-state index contributed by atoms with van der Waals surface area (Å²) in [5.74, 6) is 1.99. The molecule has 0 saturated heterocycles. The molecule has 0 unspecified atom stereocenters. The number of allylic oxidation sites excluding steroid dienone is 2. The lowest BCUT2D eigenvalue weighted by Crippen LogP contribution is -2.20. The normalized spacial score (nSPS) is 13.3. The summed E-state index contributed by atoms with van der Waals surface area (Å²) in [4.78, 5) is 17.3. The van der Waals surface area contributed by atoms with Crippen LogP contribution < -0.4 is 0 Å². The van der Waals surface area contributed by atoms with Crippen molar-refractivity contribution in [1.29, 1.82) is 0 Å². The SMILES string of the molecule is CN1C=C(n2c3ccccc3c3cc4c5ccccc5n(-c5ccccc5)c4cc32)C=C(c2nc(-c3ccccc3)nc(-c3ccccc3)n2)C1. The van der Waals surface area contributed by atoms with Gasteiger partial charge in [0, 0.05) is 63.7 Å². The maximum atomic E-state index is 5.08. The zero-order valence-electron chi connectivity index (χ0n) is 28.0. The molecule has 3 aromatic heterocycles. The fraction of sp³-hybridized carbons (Fsp3) is 0.0444. The predicted octanol–water partition coefficient (Wildman–Crippen LogP) is 10.2. The third-order valence-electron chi connectivity index (χ3n) is 9.82. The first-order valence-corrected chi connectivity index (χ1v) is 17.2. The minimum absolute atomic E-state index is 0.659. The lowest BCUT2D eigenvalue weighted by atomic mass is 10.1. The van der Waals surface area contributed by atoms with Crippen LogP contribution in [0.3, 0.4) is 0 Å². The second kappa shape index (κ2) is 11.7. The number of para-hydroxylation sites is 3. The van der Waals surface area contributed by atoms with Gasteiger partial charge in [-0.1, -0.05) is 115 Å². The van der Waals surface area contributed by atoms with Crippen LogP contribution in [0.25, 0.3) is 83.3 Å². The first-order chi connectivity index (χ1) is 25.2. The molecule has 10 rings (SSSR count). The largest absolute Gasteiger partial charge is 0.374 e. The molecule has 4 heterocycles. The number of hydrogen-bond donors (Lipinski definition) is 0. The Hall–Kier alpha value is -6.79. The second-order valence-electron chi connectivity index (χ2n) is 13.1. The molecule has 0 spiro atoms. The van der Waals surface area contributed by atoms with Gasteiger partial charge in [0.05, 0.1) is 27.8 Å². The molecule has 9 aromatic rings. The van der Waals surface area contributed by atoms with Gasteiger partial charge in [-0.2, -0.15) is 0 Å². The van der Waals surface area contributed by atoms with Crippen LogP contribution in [-0.2, 0) is 0 Å². The van der Waals surface area contributed by atoms with E-state index in [1.165, 1.54) is 32.6 Å². The van der Waals surface area contributed by atoms with Gasteiger partial charge in [0.2, 0.25) is 0 Å². The number of benzene rings is 6. The zero-order valence-corrected chi connectivity index (χ0v) is 28.0. The minimum atomic E-state index is 0.659. The lowest BCUT2D eigenvalue weighted by molar-refractivity contribution is 0.511. The van der Waals surface area contributed by atoms with E-state index in [0.717, 1.165) is 39.1 Å². The van der Waals surface area contributed by atoms with Gasteiger partial charge < -0.3 is 14.0 Å². The van der Waals surface area contributed by atoms with Crippen LogP contribution in [0.1, 0.15) is 5.82 Å². The van der Waals surface area contributed by atoms with Crippen LogP contribution in [0, 0.1) is 0 Å². The van der Waals surface area contributed by atoms with Crippen molar-refractivity contribution in [2.24, 2.45) is 0 Å². The van der Waals surface area contributed by atoms with E-state index in [9.17, 15) is 0 Å². The number of fused-ring (bicyclic) bond motifs is 6. The second-order valence-corrected chi connectivity index (χ2v) is 13.1. The molecular weight excluding hydrogens is 625 g/mol. The summed E-state index contributed by atoms with van der Waals surface area (Å²) in [6, 6.07) is 53.1. The van der Waals surface area contributed by atoms with E-state index in [-0.39, 0.29) is 0 Å². The highest BCUT2D eigenvalue weighted by Gasteiger charge is 2.22. The maximum Gasteiger partial charge on any atom is 0.164 e. The standard InChI is InChI=1S/C45H32N6/c1-49-28-32(45-47-43(30-15-5-2-6-16-30)46-44(48-45)31-17-7-3-8-18-31)25-34(29-49)51-40-24-14-12-22-36(40)38-26-37-35-21-11-13-23-39(35)50(41(37)27-42(38)51)33-19-9-4-10-20-33/h2-27,29H,28H2,1H3. The van der Waals surface area contributed by atoms with E-state index >= 15 is 0 Å². The highest BCUT2D eigenvalue weighted by atomic mass is 15.1. The van der Waals surface area contributed by atoms with Crippen molar-refractivity contribution in [1.82, 2.24) is 29.0 Å².